The van der Waals surface area contributed by atoms with Crippen LogP contribution in [-0.2, 0) is 11.8 Å². The number of hydrogen-bond donors (Lipinski definition) is 0. The third kappa shape index (κ3) is 5.44. The number of anilines is 1. The Balaban J connectivity index is 0.00000141. The summed E-state index contributed by atoms with van der Waals surface area (Å²) in [5.74, 6) is 0. The first-order valence-electron chi connectivity index (χ1n) is 13.4. The van der Waals surface area contributed by atoms with E-state index < -0.39 is 5.41 Å². The van der Waals surface area contributed by atoms with Crippen molar-refractivity contribution in [2.24, 2.45) is 0 Å². The molecule has 0 N–H and O–H groups in total. The van der Waals surface area contributed by atoms with Crippen LogP contribution in [0.4, 0.5) is 5.69 Å². The molecule has 0 aliphatic carbocycles. The second-order valence-corrected chi connectivity index (χ2v) is 9.50. The van der Waals surface area contributed by atoms with E-state index in [-0.39, 0.29) is 0 Å². The van der Waals surface area contributed by atoms with Crippen LogP contribution in [0.25, 0.3) is 0 Å². The highest BCUT2D eigenvalue weighted by Crippen LogP contribution is 2.37. The van der Waals surface area contributed by atoms with Crippen molar-refractivity contribution in [3.63, 3.8) is 0 Å². The maximum atomic E-state index is 10.4. The molecule has 0 saturated carbocycles. The summed E-state index contributed by atoms with van der Waals surface area (Å²) in [5.41, 5.74) is 4.59. The first-order chi connectivity index (χ1) is 17.3. The molecular formula is C32H39N3. The molecule has 0 atom stereocenters. The lowest BCUT2D eigenvalue weighted by molar-refractivity contribution is 0.204. The predicted molar refractivity (Wildman–Crippen MR) is 147 cm³/mol. The van der Waals surface area contributed by atoms with Gasteiger partial charge < -0.3 is 9.80 Å². The molecule has 2 heterocycles. The van der Waals surface area contributed by atoms with Crippen molar-refractivity contribution in [1.82, 2.24) is 4.90 Å². The molecule has 0 amide bonds. The minimum Gasteiger partial charge on any atom is -0.368 e. The zero-order chi connectivity index (χ0) is 24.5. The van der Waals surface area contributed by atoms with Gasteiger partial charge in [0.2, 0.25) is 0 Å². The molecule has 3 aromatic rings. The Labute approximate surface area is 212 Å². The first-order valence-corrected chi connectivity index (χ1v) is 13.4. The third-order valence-corrected chi connectivity index (χ3v) is 7.67. The molecule has 0 spiro atoms. The molecule has 0 aromatic heterocycles. The van der Waals surface area contributed by atoms with Crippen molar-refractivity contribution in [3.05, 3.63) is 102 Å². The van der Waals surface area contributed by atoms with Gasteiger partial charge in [-0.15, -0.1) is 0 Å². The monoisotopic (exact) mass is 465 g/mol. The number of piperidine rings is 1. The van der Waals surface area contributed by atoms with Crippen LogP contribution in [0.1, 0.15) is 56.2 Å². The average molecular weight is 466 g/mol. The molecule has 5 rings (SSSR count). The van der Waals surface area contributed by atoms with Crippen molar-refractivity contribution in [3.8, 4) is 6.07 Å². The summed E-state index contributed by atoms with van der Waals surface area (Å²) >= 11 is 0. The Morgan fingerprint density at radius 1 is 0.800 bits per heavy atom. The molecule has 3 nitrogen and oxygen atoms in total. The van der Waals surface area contributed by atoms with Gasteiger partial charge in [-0.3, -0.25) is 0 Å². The van der Waals surface area contributed by atoms with Crippen molar-refractivity contribution < 1.29 is 0 Å². The quantitative estimate of drug-likeness (QED) is 0.383. The summed E-state index contributed by atoms with van der Waals surface area (Å²) in [6, 6.07) is 33.0. The fraction of sp³-hybridized carbons (Fsp3) is 0.406. The van der Waals surface area contributed by atoms with E-state index in [4.69, 9.17) is 0 Å². The molecule has 2 aliphatic rings. The minimum atomic E-state index is -0.583. The van der Waals surface area contributed by atoms with Gasteiger partial charge in [0.05, 0.1) is 6.07 Å². The van der Waals surface area contributed by atoms with Crippen molar-refractivity contribution >= 4 is 5.69 Å². The van der Waals surface area contributed by atoms with Gasteiger partial charge in [-0.2, -0.15) is 5.26 Å². The highest BCUT2D eigenvalue weighted by molar-refractivity contribution is 5.58. The topological polar surface area (TPSA) is 30.3 Å². The lowest BCUT2D eigenvalue weighted by Crippen LogP contribution is -2.44. The SMILES string of the molecule is CC.N#CC(CCCN1CCC(N2CCc3ccccc32)CC1)(c1ccccc1)c1ccccc1. The summed E-state index contributed by atoms with van der Waals surface area (Å²) in [7, 11) is 0. The van der Waals surface area contributed by atoms with Gasteiger partial charge in [-0.05, 0) is 61.4 Å². The van der Waals surface area contributed by atoms with Gasteiger partial charge in [-0.1, -0.05) is 92.7 Å². The molecule has 0 radical (unpaired) electrons. The Bertz CT molecular complexity index is 1040. The van der Waals surface area contributed by atoms with Gasteiger partial charge in [-0.25, -0.2) is 0 Å². The van der Waals surface area contributed by atoms with Gasteiger partial charge in [0.1, 0.15) is 5.41 Å². The Hall–Kier alpha value is -3.09. The number of benzene rings is 3. The highest BCUT2D eigenvalue weighted by Gasteiger charge is 2.34. The number of para-hydroxylation sites is 1. The van der Waals surface area contributed by atoms with Crippen molar-refractivity contribution in [2.45, 2.75) is 57.4 Å². The van der Waals surface area contributed by atoms with E-state index in [1.807, 2.05) is 50.2 Å². The Morgan fingerprint density at radius 2 is 1.37 bits per heavy atom. The number of hydrogen-bond acceptors (Lipinski definition) is 3. The predicted octanol–water partition coefficient (Wildman–Crippen LogP) is 6.83. The lowest BCUT2D eigenvalue weighted by Gasteiger charge is -2.38. The van der Waals surface area contributed by atoms with Crippen LogP contribution >= 0.6 is 0 Å². The summed E-state index contributed by atoms with van der Waals surface area (Å²) in [6.07, 6.45) is 5.52. The second kappa shape index (κ2) is 12.0. The number of fused-ring (bicyclic) bond motifs is 1. The summed E-state index contributed by atoms with van der Waals surface area (Å²) in [5, 5.41) is 10.4. The van der Waals surface area contributed by atoms with Gasteiger partial charge in [0.15, 0.2) is 0 Å². The van der Waals surface area contributed by atoms with Gasteiger partial charge in [0, 0.05) is 31.4 Å². The van der Waals surface area contributed by atoms with Gasteiger partial charge in [0.25, 0.3) is 0 Å². The third-order valence-electron chi connectivity index (χ3n) is 7.67. The second-order valence-electron chi connectivity index (χ2n) is 9.50. The molecule has 35 heavy (non-hydrogen) atoms. The molecule has 0 bridgehead atoms. The zero-order valence-electron chi connectivity index (χ0n) is 21.4. The van der Waals surface area contributed by atoms with E-state index in [2.05, 4.69) is 64.4 Å². The molecule has 182 valence electrons. The van der Waals surface area contributed by atoms with Crippen LogP contribution in [0.3, 0.4) is 0 Å². The van der Waals surface area contributed by atoms with E-state index in [1.54, 1.807) is 0 Å². The van der Waals surface area contributed by atoms with Gasteiger partial charge >= 0.3 is 0 Å². The van der Waals surface area contributed by atoms with Crippen molar-refractivity contribution in [1.29, 1.82) is 5.26 Å². The molecular weight excluding hydrogens is 426 g/mol. The maximum absolute atomic E-state index is 10.4. The zero-order valence-corrected chi connectivity index (χ0v) is 21.4. The van der Waals surface area contributed by atoms with E-state index in [0.717, 1.165) is 43.6 Å². The standard InChI is InChI=1S/C30H33N3.C2H6/c31-24-30(26-11-3-1-4-12-26,27-13-5-2-6-14-27)19-9-20-32-21-17-28(18-22-32)33-23-16-25-10-7-8-15-29(25)33;1-2/h1-8,10-15,28H,9,16-23H2;1-2H3. The van der Waals surface area contributed by atoms with E-state index in [0.29, 0.717) is 6.04 Å². The number of nitrogens with zero attached hydrogens (tertiary/aromatic N) is 3. The Kier molecular flexibility index (Phi) is 8.61. The largest absolute Gasteiger partial charge is 0.368 e. The molecule has 2 aliphatic heterocycles. The fourth-order valence-corrected chi connectivity index (χ4v) is 5.85. The maximum Gasteiger partial charge on any atom is 0.107 e. The summed E-state index contributed by atoms with van der Waals surface area (Å²) < 4.78 is 0. The number of likely N-dealkylation sites (tertiary alicyclic amines) is 1. The average Bonchev–Trinajstić information content (AvgIpc) is 3.38. The van der Waals surface area contributed by atoms with E-state index in [9.17, 15) is 5.26 Å². The minimum absolute atomic E-state index is 0.583. The molecule has 1 fully saturated rings. The highest BCUT2D eigenvalue weighted by atomic mass is 15.2. The Morgan fingerprint density at radius 3 is 1.97 bits per heavy atom. The van der Waals surface area contributed by atoms with Crippen LogP contribution in [-0.4, -0.2) is 37.1 Å². The number of nitriles is 1. The van der Waals surface area contributed by atoms with Crippen LogP contribution in [0.5, 0.6) is 0 Å². The van der Waals surface area contributed by atoms with Crippen molar-refractivity contribution in [2.75, 3.05) is 31.1 Å². The van der Waals surface area contributed by atoms with Crippen LogP contribution in [0.15, 0.2) is 84.9 Å². The van der Waals surface area contributed by atoms with E-state index in [1.165, 1.54) is 37.1 Å². The fourth-order valence-electron chi connectivity index (χ4n) is 5.85. The molecule has 0 unspecified atom stereocenters. The van der Waals surface area contributed by atoms with Crippen LogP contribution in [0, 0.1) is 11.3 Å². The summed E-state index contributed by atoms with van der Waals surface area (Å²) in [4.78, 5) is 5.26. The van der Waals surface area contributed by atoms with Crippen LogP contribution < -0.4 is 4.90 Å². The number of rotatable bonds is 7. The normalized spacial score (nSPS) is 16.2. The molecule has 1 saturated heterocycles. The first kappa shape index (κ1) is 25.0. The lowest BCUT2D eigenvalue weighted by atomic mass is 9.72. The molecule has 3 heteroatoms. The smallest absolute Gasteiger partial charge is 0.107 e. The van der Waals surface area contributed by atoms with E-state index >= 15 is 0 Å². The summed E-state index contributed by atoms with van der Waals surface area (Å²) in [6.45, 7) is 8.54. The van der Waals surface area contributed by atoms with Crippen LogP contribution in [0.2, 0.25) is 0 Å². The molecule has 3 aromatic carbocycles.